The van der Waals surface area contributed by atoms with Gasteiger partial charge in [-0.3, -0.25) is 4.79 Å². The topological polar surface area (TPSA) is 44.8 Å². The molecule has 0 aromatic heterocycles. The summed E-state index contributed by atoms with van der Waals surface area (Å²) in [5.41, 5.74) is 0. The fraction of sp³-hybridized carbons (Fsp3) is 0.938. The van der Waals surface area contributed by atoms with E-state index in [9.17, 15) is 4.79 Å². The van der Waals surface area contributed by atoms with Crippen molar-refractivity contribution in [3.05, 3.63) is 0 Å². The average molecular weight is 284 g/mol. The molecule has 1 spiro atoms. The molecule has 0 amide bonds. The van der Waals surface area contributed by atoms with Gasteiger partial charge in [0.1, 0.15) is 0 Å². The second-order valence-corrected chi connectivity index (χ2v) is 6.04. The van der Waals surface area contributed by atoms with Gasteiger partial charge < -0.3 is 14.2 Å². The van der Waals surface area contributed by atoms with Crippen LogP contribution in [0, 0.1) is 11.8 Å². The molecule has 1 aliphatic heterocycles. The van der Waals surface area contributed by atoms with Gasteiger partial charge in [0.05, 0.1) is 20.3 Å². The van der Waals surface area contributed by atoms with Gasteiger partial charge in [-0.25, -0.2) is 0 Å². The Morgan fingerprint density at radius 3 is 2.65 bits per heavy atom. The third-order valence-corrected chi connectivity index (χ3v) is 4.80. The molecule has 0 aromatic rings. The Bertz CT molecular complexity index is 310. The van der Waals surface area contributed by atoms with Gasteiger partial charge in [-0.15, -0.1) is 0 Å². The van der Waals surface area contributed by atoms with Crippen LogP contribution in [0.4, 0.5) is 0 Å². The summed E-state index contributed by atoms with van der Waals surface area (Å²) < 4.78 is 16.7. The fourth-order valence-electron chi connectivity index (χ4n) is 3.75. The lowest BCUT2D eigenvalue weighted by molar-refractivity contribution is -0.188. The third kappa shape index (κ3) is 3.53. The predicted octanol–water partition coefficient (Wildman–Crippen LogP) is 3.29. The van der Waals surface area contributed by atoms with E-state index in [0.717, 1.165) is 19.3 Å². The first-order chi connectivity index (χ1) is 9.72. The largest absolute Gasteiger partial charge is 0.469 e. The van der Waals surface area contributed by atoms with Crippen molar-refractivity contribution >= 4 is 5.97 Å². The standard InChI is InChI=1S/C16H28O4/c1-3-4-5-6-7-14-13(12-15(17)18-2)8-9-16(14)19-10-11-20-16/h13-14H,3-12H2,1-2H3. The molecule has 4 heteroatoms. The molecule has 2 atom stereocenters. The van der Waals surface area contributed by atoms with Crippen LogP contribution in [0.25, 0.3) is 0 Å². The molecule has 0 aromatic carbocycles. The number of rotatable bonds is 7. The van der Waals surface area contributed by atoms with Gasteiger partial charge in [0.25, 0.3) is 0 Å². The highest BCUT2D eigenvalue weighted by molar-refractivity contribution is 5.69. The van der Waals surface area contributed by atoms with E-state index in [1.54, 1.807) is 0 Å². The molecule has 116 valence electrons. The Kier molecular flexibility index (Phi) is 5.85. The van der Waals surface area contributed by atoms with E-state index >= 15 is 0 Å². The Labute approximate surface area is 122 Å². The van der Waals surface area contributed by atoms with Gasteiger partial charge in [-0.2, -0.15) is 0 Å². The molecule has 1 saturated carbocycles. The Morgan fingerprint density at radius 2 is 2.00 bits per heavy atom. The van der Waals surface area contributed by atoms with Gasteiger partial charge in [-0.1, -0.05) is 32.6 Å². The summed E-state index contributed by atoms with van der Waals surface area (Å²) >= 11 is 0. The van der Waals surface area contributed by atoms with Crippen LogP contribution in [-0.2, 0) is 19.0 Å². The van der Waals surface area contributed by atoms with E-state index in [0.29, 0.717) is 31.5 Å². The maximum atomic E-state index is 11.6. The molecule has 0 radical (unpaired) electrons. The summed E-state index contributed by atoms with van der Waals surface area (Å²) in [5.74, 6) is 0.192. The minimum Gasteiger partial charge on any atom is -0.469 e. The van der Waals surface area contributed by atoms with E-state index in [1.807, 2.05) is 0 Å². The van der Waals surface area contributed by atoms with E-state index in [1.165, 1.54) is 32.8 Å². The molecule has 4 nitrogen and oxygen atoms in total. The first-order valence-corrected chi connectivity index (χ1v) is 8.06. The lowest BCUT2D eigenvalue weighted by Crippen LogP contribution is -2.37. The molecular formula is C16H28O4. The third-order valence-electron chi connectivity index (χ3n) is 4.80. The zero-order valence-corrected chi connectivity index (χ0v) is 12.9. The molecule has 2 unspecified atom stereocenters. The summed E-state index contributed by atoms with van der Waals surface area (Å²) in [7, 11) is 1.46. The van der Waals surface area contributed by atoms with E-state index in [2.05, 4.69) is 6.92 Å². The SMILES string of the molecule is CCCCCCC1C(CC(=O)OC)CCC12OCCO2. The summed E-state index contributed by atoms with van der Waals surface area (Å²) in [6, 6.07) is 0. The zero-order chi connectivity index (χ0) is 14.4. The molecule has 0 bridgehead atoms. The van der Waals surface area contributed by atoms with Gasteiger partial charge in [-0.05, 0) is 18.8 Å². The van der Waals surface area contributed by atoms with Gasteiger partial charge in [0.2, 0.25) is 0 Å². The Balaban J connectivity index is 1.94. The first kappa shape index (κ1) is 15.8. The van der Waals surface area contributed by atoms with Crippen LogP contribution in [0.5, 0.6) is 0 Å². The summed E-state index contributed by atoms with van der Waals surface area (Å²) in [6.45, 7) is 3.60. The second-order valence-electron chi connectivity index (χ2n) is 6.04. The Hall–Kier alpha value is -0.610. The number of methoxy groups -OCH3 is 1. The highest BCUT2D eigenvalue weighted by Gasteiger charge is 2.52. The lowest BCUT2D eigenvalue weighted by Gasteiger charge is -2.32. The minimum absolute atomic E-state index is 0.108. The van der Waals surface area contributed by atoms with Crippen molar-refractivity contribution in [3.8, 4) is 0 Å². The van der Waals surface area contributed by atoms with Crippen molar-refractivity contribution in [2.45, 2.75) is 64.1 Å². The number of hydrogen-bond acceptors (Lipinski definition) is 4. The number of esters is 1. The van der Waals surface area contributed by atoms with Crippen LogP contribution in [-0.4, -0.2) is 32.1 Å². The maximum absolute atomic E-state index is 11.6. The molecule has 1 aliphatic carbocycles. The van der Waals surface area contributed by atoms with Crippen LogP contribution >= 0.6 is 0 Å². The van der Waals surface area contributed by atoms with Gasteiger partial charge in [0.15, 0.2) is 5.79 Å². The molecule has 20 heavy (non-hydrogen) atoms. The second kappa shape index (κ2) is 7.41. The van der Waals surface area contributed by atoms with Crippen LogP contribution in [0.15, 0.2) is 0 Å². The van der Waals surface area contributed by atoms with Crippen molar-refractivity contribution < 1.29 is 19.0 Å². The molecule has 1 heterocycles. The smallest absolute Gasteiger partial charge is 0.305 e. The van der Waals surface area contributed by atoms with Crippen molar-refractivity contribution in [1.82, 2.24) is 0 Å². The summed E-state index contributed by atoms with van der Waals surface area (Å²) in [4.78, 5) is 11.6. The van der Waals surface area contributed by atoms with Crippen LogP contribution < -0.4 is 0 Å². The van der Waals surface area contributed by atoms with Crippen molar-refractivity contribution in [3.63, 3.8) is 0 Å². The number of hydrogen-bond donors (Lipinski definition) is 0. The molecule has 0 N–H and O–H groups in total. The Morgan fingerprint density at radius 1 is 1.25 bits per heavy atom. The summed E-state index contributed by atoms with van der Waals surface area (Å²) in [5, 5.41) is 0. The predicted molar refractivity (Wildman–Crippen MR) is 76.2 cm³/mol. The van der Waals surface area contributed by atoms with E-state index < -0.39 is 5.79 Å². The highest BCUT2D eigenvalue weighted by Crippen LogP contribution is 2.49. The molecular weight excluding hydrogens is 256 g/mol. The average Bonchev–Trinajstić information content (AvgIpc) is 3.05. The molecule has 2 rings (SSSR count). The van der Waals surface area contributed by atoms with Crippen LogP contribution in [0.2, 0.25) is 0 Å². The quantitative estimate of drug-likeness (QED) is 0.531. The fourth-order valence-corrected chi connectivity index (χ4v) is 3.75. The number of carbonyl (C=O) groups is 1. The number of unbranched alkanes of at least 4 members (excludes halogenated alkanes) is 3. The minimum atomic E-state index is -0.398. The van der Waals surface area contributed by atoms with E-state index in [-0.39, 0.29) is 5.97 Å². The van der Waals surface area contributed by atoms with Gasteiger partial charge in [0, 0.05) is 18.8 Å². The van der Waals surface area contributed by atoms with Crippen LogP contribution in [0.1, 0.15) is 58.3 Å². The van der Waals surface area contributed by atoms with Crippen LogP contribution in [0.3, 0.4) is 0 Å². The lowest BCUT2D eigenvalue weighted by atomic mass is 9.85. The number of ether oxygens (including phenoxy) is 3. The normalized spacial score (nSPS) is 28.1. The molecule has 2 aliphatic rings. The van der Waals surface area contributed by atoms with Crippen molar-refractivity contribution in [2.24, 2.45) is 11.8 Å². The van der Waals surface area contributed by atoms with Gasteiger partial charge >= 0.3 is 5.97 Å². The first-order valence-electron chi connectivity index (χ1n) is 8.06. The molecule has 1 saturated heterocycles. The maximum Gasteiger partial charge on any atom is 0.305 e. The monoisotopic (exact) mass is 284 g/mol. The highest BCUT2D eigenvalue weighted by atomic mass is 16.7. The van der Waals surface area contributed by atoms with Crippen molar-refractivity contribution in [2.75, 3.05) is 20.3 Å². The summed E-state index contributed by atoms with van der Waals surface area (Å²) in [6.07, 6.45) is 8.52. The van der Waals surface area contributed by atoms with E-state index in [4.69, 9.17) is 14.2 Å². The number of carbonyl (C=O) groups excluding carboxylic acids is 1. The molecule has 2 fully saturated rings. The zero-order valence-electron chi connectivity index (χ0n) is 12.9. The van der Waals surface area contributed by atoms with Crippen molar-refractivity contribution in [1.29, 1.82) is 0 Å².